The van der Waals surface area contributed by atoms with Crippen molar-refractivity contribution in [1.29, 1.82) is 0 Å². The van der Waals surface area contributed by atoms with E-state index in [1.54, 1.807) is 0 Å². The van der Waals surface area contributed by atoms with E-state index in [4.69, 9.17) is 4.74 Å². The minimum absolute atomic E-state index is 0.304. The monoisotopic (exact) mass is 296 g/mol. The van der Waals surface area contributed by atoms with Crippen molar-refractivity contribution in [2.24, 2.45) is 0 Å². The van der Waals surface area contributed by atoms with Gasteiger partial charge in [-0.3, -0.25) is 4.90 Å². The molecule has 2 aliphatic heterocycles. The molecule has 0 amide bonds. The van der Waals surface area contributed by atoms with Gasteiger partial charge in [0.2, 0.25) is 0 Å². The molecule has 0 aromatic heterocycles. The number of rotatable bonds is 6. The first kappa shape index (κ1) is 17.2. The summed E-state index contributed by atoms with van der Waals surface area (Å²) in [5, 5.41) is 3.91. The fourth-order valence-electron chi connectivity index (χ4n) is 4.25. The van der Waals surface area contributed by atoms with Crippen LogP contribution >= 0.6 is 0 Å². The third-order valence-electron chi connectivity index (χ3n) is 6.37. The zero-order chi connectivity index (χ0) is 15.5. The Balaban J connectivity index is 2.12. The molecule has 2 rings (SSSR count). The second-order valence-corrected chi connectivity index (χ2v) is 7.30. The van der Waals surface area contributed by atoms with E-state index in [1.807, 2.05) is 0 Å². The van der Waals surface area contributed by atoms with Gasteiger partial charge in [0.25, 0.3) is 0 Å². The number of nitrogens with zero attached hydrogens (tertiary/aromatic N) is 1. The van der Waals surface area contributed by atoms with Gasteiger partial charge in [-0.25, -0.2) is 0 Å². The molecular formula is C18H36N2O. The molecule has 0 saturated carbocycles. The van der Waals surface area contributed by atoms with Crippen molar-refractivity contribution < 1.29 is 4.74 Å². The summed E-state index contributed by atoms with van der Waals surface area (Å²) < 4.78 is 6.12. The van der Waals surface area contributed by atoms with Crippen molar-refractivity contribution in [3.63, 3.8) is 0 Å². The van der Waals surface area contributed by atoms with Gasteiger partial charge in [-0.05, 0) is 45.4 Å². The first-order valence-corrected chi connectivity index (χ1v) is 9.18. The topological polar surface area (TPSA) is 24.5 Å². The van der Waals surface area contributed by atoms with E-state index >= 15 is 0 Å². The summed E-state index contributed by atoms with van der Waals surface area (Å²) in [5.41, 5.74) is 0.626. The molecule has 3 nitrogen and oxygen atoms in total. The molecule has 21 heavy (non-hydrogen) atoms. The second-order valence-electron chi connectivity index (χ2n) is 7.30. The Morgan fingerprint density at radius 3 is 2.19 bits per heavy atom. The Labute approximate surface area is 131 Å². The fraction of sp³-hybridized carbons (Fsp3) is 1.00. The molecule has 2 saturated heterocycles. The average Bonchev–Trinajstić information content (AvgIpc) is 2.92. The SMILES string of the molecule is CCC1(CC)CN(CC2CCC(C)O2)C(CC)(CC)CN1. The van der Waals surface area contributed by atoms with Crippen LogP contribution < -0.4 is 5.32 Å². The smallest absolute Gasteiger partial charge is 0.0706 e. The quantitative estimate of drug-likeness (QED) is 0.811. The molecule has 2 heterocycles. The summed E-state index contributed by atoms with van der Waals surface area (Å²) in [6.45, 7) is 15.0. The third kappa shape index (κ3) is 3.46. The molecule has 2 fully saturated rings. The number of hydrogen-bond acceptors (Lipinski definition) is 3. The van der Waals surface area contributed by atoms with Crippen LogP contribution in [0, 0.1) is 0 Å². The van der Waals surface area contributed by atoms with Gasteiger partial charge in [-0.15, -0.1) is 0 Å². The van der Waals surface area contributed by atoms with Gasteiger partial charge in [0.15, 0.2) is 0 Å². The zero-order valence-corrected chi connectivity index (χ0v) is 14.9. The van der Waals surface area contributed by atoms with Crippen LogP contribution in [0.1, 0.15) is 73.1 Å². The van der Waals surface area contributed by atoms with Crippen molar-refractivity contribution >= 4 is 0 Å². The number of piperazine rings is 1. The Hall–Kier alpha value is -0.120. The van der Waals surface area contributed by atoms with Gasteiger partial charge >= 0.3 is 0 Å². The summed E-state index contributed by atoms with van der Waals surface area (Å²) in [6.07, 6.45) is 8.25. The highest BCUT2D eigenvalue weighted by atomic mass is 16.5. The Bertz CT molecular complexity index is 323. The summed E-state index contributed by atoms with van der Waals surface area (Å²) in [5.74, 6) is 0. The van der Waals surface area contributed by atoms with Crippen LogP contribution in [-0.4, -0.2) is 47.8 Å². The van der Waals surface area contributed by atoms with Gasteiger partial charge in [-0.2, -0.15) is 0 Å². The minimum atomic E-state index is 0.304. The molecular weight excluding hydrogens is 260 g/mol. The van der Waals surface area contributed by atoms with Gasteiger partial charge in [0.05, 0.1) is 12.2 Å². The first-order valence-electron chi connectivity index (χ1n) is 9.18. The average molecular weight is 296 g/mol. The molecule has 3 heteroatoms. The summed E-state index contributed by atoms with van der Waals surface area (Å²) in [6, 6.07) is 0. The molecule has 0 spiro atoms. The molecule has 0 aliphatic carbocycles. The lowest BCUT2D eigenvalue weighted by Gasteiger charge is -2.55. The Morgan fingerprint density at radius 2 is 1.71 bits per heavy atom. The molecule has 0 radical (unpaired) electrons. The van der Waals surface area contributed by atoms with Crippen molar-refractivity contribution in [3.8, 4) is 0 Å². The maximum Gasteiger partial charge on any atom is 0.0706 e. The van der Waals surface area contributed by atoms with Crippen LogP contribution in [0.4, 0.5) is 0 Å². The van der Waals surface area contributed by atoms with Crippen LogP contribution in [0.2, 0.25) is 0 Å². The summed E-state index contributed by atoms with van der Waals surface area (Å²) in [7, 11) is 0. The van der Waals surface area contributed by atoms with E-state index in [9.17, 15) is 0 Å². The zero-order valence-electron chi connectivity index (χ0n) is 14.9. The molecule has 1 N–H and O–H groups in total. The Kier molecular flexibility index (Phi) is 5.72. The van der Waals surface area contributed by atoms with Crippen LogP contribution in [0.3, 0.4) is 0 Å². The van der Waals surface area contributed by atoms with E-state index in [0.717, 1.165) is 13.1 Å². The van der Waals surface area contributed by atoms with Gasteiger partial charge in [0, 0.05) is 30.7 Å². The van der Waals surface area contributed by atoms with E-state index in [1.165, 1.54) is 45.1 Å². The largest absolute Gasteiger partial charge is 0.374 e. The summed E-state index contributed by atoms with van der Waals surface area (Å²) >= 11 is 0. The number of ether oxygens (including phenoxy) is 1. The van der Waals surface area contributed by atoms with E-state index in [2.05, 4.69) is 44.8 Å². The highest BCUT2D eigenvalue weighted by molar-refractivity contribution is 5.04. The summed E-state index contributed by atoms with van der Waals surface area (Å²) in [4.78, 5) is 2.78. The van der Waals surface area contributed by atoms with Crippen LogP contribution in [0.15, 0.2) is 0 Å². The van der Waals surface area contributed by atoms with E-state index < -0.39 is 0 Å². The van der Waals surface area contributed by atoms with Gasteiger partial charge in [-0.1, -0.05) is 27.7 Å². The lowest BCUT2D eigenvalue weighted by atomic mass is 9.80. The van der Waals surface area contributed by atoms with Crippen molar-refractivity contribution in [1.82, 2.24) is 10.2 Å². The lowest BCUT2D eigenvalue weighted by molar-refractivity contribution is -0.0460. The predicted octanol–water partition coefficient (Wildman–Crippen LogP) is 3.58. The van der Waals surface area contributed by atoms with Crippen molar-refractivity contribution in [3.05, 3.63) is 0 Å². The predicted molar refractivity (Wildman–Crippen MR) is 89.8 cm³/mol. The molecule has 2 aliphatic rings. The first-order chi connectivity index (χ1) is 10.0. The standard InChI is InChI=1S/C18H36N2O/c1-6-17(7-2)14-20(12-16-11-10-15(5)21-16)18(8-3,9-4)13-19-17/h15-16,19H,6-14H2,1-5H3. The highest BCUT2D eigenvalue weighted by Gasteiger charge is 2.45. The lowest BCUT2D eigenvalue weighted by Crippen LogP contribution is -2.70. The second kappa shape index (κ2) is 6.97. The number of hydrogen-bond donors (Lipinski definition) is 1. The third-order valence-corrected chi connectivity index (χ3v) is 6.37. The van der Waals surface area contributed by atoms with Crippen molar-refractivity contribution in [2.45, 2.75) is 96.4 Å². The maximum absolute atomic E-state index is 6.12. The normalized spacial score (nSPS) is 32.4. The van der Waals surface area contributed by atoms with Gasteiger partial charge < -0.3 is 10.1 Å². The maximum atomic E-state index is 6.12. The molecule has 2 atom stereocenters. The van der Waals surface area contributed by atoms with Crippen LogP contribution in [-0.2, 0) is 4.74 Å². The number of nitrogens with one attached hydrogen (secondary N) is 1. The molecule has 2 unspecified atom stereocenters. The highest BCUT2D eigenvalue weighted by Crippen LogP contribution is 2.34. The van der Waals surface area contributed by atoms with Gasteiger partial charge in [0.1, 0.15) is 0 Å². The fourth-order valence-corrected chi connectivity index (χ4v) is 4.25. The molecule has 0 aromatic rings. The minimum Gasteiger partial charge on any atom is -0.374 e. The van der Waals surface area contributed by atoms with E-state index in [-0.39, 0.29) is 0 Å². The van der Waals surface area contributed by atoms with Crippen LogP contribution in [0.5, 0.6) is 0 Å². The molecule has 0 aromatic carbocycles. The Morgan fingerprint density at radius 1 is 1.05 bits per heavy atom. The molecule has 124 valence electrons. The van der Waals surface area contributed by atoms with Crippen LogP contribution in [0.25, 0.3) is 0 Å². The van der Waals surface area contributed by atoms with E-state index in [0.29, 0.717) is 23.3 Å². The molecule has 0 bridgehead atoms. The van der Waals surface area contributed by atoms with Crippen molar-refractivity contribution in [2.75, 3.05) is 19.6 Å².